The molecule has 3 aliphatic carbocycles. The molecule has 0 heteroatoms. The second-order valence-corrected chi connectivity index (χ2v) is 10.1. The van der Waals surface area contributed by atoms with Gasteiger partial charge in [0.15, 0.2) is 0 Å². The molecule has 0 aromatic heterocycles. The van der Waals surface area contributed by atoms with Crippen LogP contribution in [0.5, 0.6) is 0 Å². The molecule has 4 atom stereocenters. The molecule has 6 rings (SSSR count). The number of aryl methyl sites for hydroxylation is 3. The minimum Gasteiger partial charge on any atom is -0.0985 e. The Bertz CT molecular complexity index is 1220. The fourth-order valence-corrected chi connectivity index (χ4v) is 5.29. The zero-order valence-electron chi connectivity index (χ0n) is 22.8. The zero-order chi connectivity index (χ0) is 26.6. The first-order chi connectivity index (χ1) is 17.9. The van der Waals surface area contributed by atoms with E-state index in [0.717, 1.165) is 23.7 Å². The Morgan fingerprint density at radius 3 is 1.92 bits per heavy atom. The van der Waals surface area contributed by atoms with Crippen LogP contribution in [-0.2, 0) is 0 Å². The van der Waals surface area contributed by atoms with Crippen molar-refractivity contribution in [1.29, 1.82) is 0 Å². The third-order valence-corrected chi connectivity index (χ3v) is 7.45. The second-order valence-electron chi connectivity index (χ2n) is 10.1. The van der Waals surface area contributed by atoms with E-state index in [9.17, 15) is 0 Å². The van der Waals surface area contributed by atoms with Crippen LogP contribution in [0.2, 0.25) is 0 Å². The second kappa shape index (κ2) is 14.2. The summed E-state index contributed by atoms with van der Waals surface area (Å²) in [6.07, 6.45) is 18.1. The lowest BCUT2D eigenvalue weighted by Gasteiger charge is -2.18. The van der Waals surface area contributed by atoms with Crippen molar-refractivity contribution in [3.63, 3.8) is 0 Å². The smallest absolute Gasteiger partial charge is 0.0133 e. The molecular formula is C37H42. The van der Waals surface area contributed by atoms with Gasteiger partial charge in [0.1, 0.15) is 0 Å². The summed E-state index contributed by atoms with van der Waals surface area (Å²) in [7, 11) is 0. The first kappa shape index (κ1) is 27.9. The summed E-state index contributed by atoms with van der Waals surface area (Å²) in [6.45, 7) is 17.3. The molecule has 190 valence electrons. The van der Waals surface area contributed by atoms with Crippen molar-refractivity contribution in [3.05, 3.63) is 150 Å². The molecule has 0 N–H and O–H groups in total. The van der Waals surface area contributed by atoms with Crippen molar-refractivity contribution in [2.45, 2.75) is 33.6 Å². The van der Waals surface area contributed by atoms with E-state index in [4.69, 9.17) is 0 Å². The van der Waals surface area contributed by atoms with Crippen LogP contribution in [0.25, 0.3) is 18.2 Å². The summed E-state index contributed by atoms with van der Waals surface area (Å²) in [5.74, 6) is 3.82. The molecule has 0 saturated heterocycles. The summed E-state index contributed by atoms with van der Waals surface area (Å²) in [6, 6.07) is 24.7. The highest BCUT2D eigenvalue weighted by Gasteiger charge is 2.44. The van der Waals surface area contributed by atoms with E-state index in [1.807, 2.05) is 42.5 Å². The van der Waals surface area contributed by atoms with Crippen LogP contribution in [0.1, 0.15) is 46.2 Å². The molecule has 0 radical (unpaired) electrons. The van der Waals surface area contributed by atoms with Gasteiger partial charge in [-0.05, 0) is 79.5 Å². The van der Waals surface area contributed by atoms with Crippen molar-refractivity contribution in [1.82, 2.24) is 0 Å². The van der Waals surface area contributed by atoms with Gasteiger partial charge in [-0.3, -0.25) is 0 Å². The fraction of sp³-hybridized carbons (Fsp3) is 0.243. The van der Waals surface area contributed by atoms with Crippen molar-refractivity contribution in [3.8, 4) is 0 Å². The Morgan fingerprint density at radius 1 is 0.649 bits per heavy atom. The fourth-order valence-electron chi connectivity index (χ4n) is 5.29. The molecule has 4 unspecified atom stereocenters. The summed E-state index contributed by atoms with van der Waals surface area (Å²) in [5.41, 5.74) is 7.45. The predicted molar refractivity (Wildman–Crippen MR) is 165 cm³/mol. The average molecular weight is 487 g/mol. The molecule has 0 amide bonds. The molecule has 37 heavy (non-hydrogen) atoms. The van der Waals surface area contributed by atoms with Crippen molar-refractivity contribution < 1.29 is 0 Å². The Kier molecular flexibility index (Phi) is 10.7. The molecule has 0 nitrogen and oxygen atoms in total. The minimum absolute atomic E-state index is 0.925. The maximum absolute atomic E-state index is 3.69. The highest BCUT2D eigenvalue weighted by Crippen LogP contribution is 2.52. The maximum atomic E-state index is 3.69. The highest BCUT2D eigenvalue weighted by atomic mass is 14.5. The van der Waals surface area contributed by atoms with Crippen LogP contribution in [-0.4, -0.2) is 0 Å². The lowest BCUT2D eigenvalue weighted by atomic mass is 9.86. The lowest BCUT2D eigenvalue weighted by molar-refractivity contribution is 0.398. The number of hydrogen-bond acceptors (Lipinski definition) is 0. The third kappa shape index (κ3) is 8.19. The first-order valence-electron chi connectivity index (χ1n) is 13.4. The van der Waals surface area contributed by atoms with E-state index in [0.29, 0.717) is 0 Å². The summed E-state index contributed by atoms with van der Waals surface area (Å²) in [4.78, 5) is 0. The van der Waals surface area contributed by atoms with E-state index in [1.165, 1.54) is 46.2 Å². The highest BCUT2D eigenvalue weighted by molar-refractivity contribution is 5.51. The first-order valence-corrected chi connectivity index (χ1v) is 13.4. The SMILES string of the molecule is C1=CC2C3C=CC(C3)C2C1.C=Cc1ccc(C)cc1.C=Cc1cccc(C)c1.C=Cc1ccccc1C. The normalized spacial score (nSPS) is 21.3. The predicted octanol–water partition coefficient (Wildman–Crippen LogP) is 10.3. The molecule has 1 saturated carbocycles. The van der Waals surface area contributed by atoms with Gasteiger partial charge in [-0.25, -0.2) is 0 Å². The molecule has 0 heterocycles. The Balaban J connectivity index is 0.000000137. The van der Waals surface area contributed by atoms with Crippen LogP contribution in [0.15, 0.2) is 117 Å². The van der Waals surface area contributed by atoms with Gasteiger partial charge >= 0.3 is 0 Å². The van der Waals surface area contributed by atoms with E-state index >= 15 is 0 Å². The van der Waals surface area contributed by atoms with Gasteiger partial charge in [-0.1, -0.05) is 146 Å². The molecule has 1 fully saturated rings. The topological polar surface area (TPSA) is 0 Å². The van der Waals surface area contributed by atoms with E-state index in [2.05, 4.69) is 113 Å². The van der Waals surface area contributed by atoms with Crippen LogP contribution >= 0.6 is 0 Å². The van der Waals surface area contributed by atoms with Crippen molar-refractivity contribution in [2.24, 2.45) is 23.7 Å². The molecule has 3 aliphatic rings. The number of hydrogen-bond donors (Lipinski definition) is 0. The molecule has 3 aromatic carbocycles. The van der Waals surface area contributed by atoms with Gasteiger partial charge in [0, 0.05) is 0 Å². The Hall–Kier alpha value is -3.64. The van der Waals surface area contributed by atoms with Gasteiger partial charge in [0.2, 0.25) is 0 Å². The lowest BCUT2D eigenvalue weighted by Crippen LogP contribution is -2.12. The van der Waals surface area contributed by atoms with Crippen molar-refractivity contribution >= 4 is 18.2 Å². The van der Waals surface area contributed by atoms with Gasteiger partial charge < -0.3 is 0 Å². The van der Waals surface area contributed by atoms with Crippen LogP contribution < -0.4 is 0 Å². The van der Waals surface area contributed by atoms with Gasteiger partial charge in [-0.2, -0.15) is 0 Å². The van der Waals surface area contributed by atoms with E-state index < -0.39 is 0 Å². The van der Waals surface area contributed by atoms with Crippen LogP contribution in [0, 0.1) is 44.4 Å². The van der Waals surface area contributed by atoms with E-state index in [1.54, 1.807) is 0 Å². The molecule has 2 bridgehead atoms. The van der Waals surface area contributed by atoms with Crippen molar-refractivity contribution in [2.75, 3.05) is 0 Å². The standard InChI is InChI=1S/C10H12.3C9H10/c1-2-9-7-4-5-8(6-7)10(9)3-1;1-3-9-6-4-8(2)5-7-9;1-3-9-6-4-5-8(2)7-9;1-3-9-7-5-4-6-8(9)2/h1-2,4-5,7-10H,3,6H2;3*3-7H,1H2,2H3. The van der Waals surface area contributed by atoms with Crippen LogP contribution in [0.3, 0.4) is 0 Å². The maximum Gasteiger partial charge on any atom is -0.0133 e. The number of fused-ring (bicyclic) bond motifs is 5. The molecular weight excluding hydrogens is 444 g/mol. The summed E-state index contributed by atoms with van der Waals surface area (Å²) in [5, 5.41) is 0. The number of allylic oxidation sites excluding steroid dienone is 4. The molecule has 0 spiro atoms. The summed E-state index contributed by atoms with van der Waals surface area (Å²) >= 11 is 0. The van der Waals surface area contributed by atoms with Gasteiger partial charge in [-0.15, -0.1) is 0 Å². The quantitative estimate of drug-likeness (QED) is 0.323. The monoisotopic (exact) mass is 486 g/mol. The van der Waals surface area contributed by atoms with Gasteiger partial charge in [0.25, 0.3) is 0 Å². The number of rotatable bonds is 3. The average Bonchev–Trinajstić information content (AvgIpc) is 3.67. The van der Waals surface area contributed by atoms with Gasteiger partial charge in [0.05, 0.1) is 0 Å². The Labute approximate surface area is 225 Å². The third-order valence-electron chi connectivity index (χ3n) is 7.45. The molecule has 0 aliphatic heterocycles. The number of benzene rings is 3. The molecule has 3 aromatic rings. The largest absolute Gasteiger partial charge is 0.0985 e. The summed E-state index contributed by atoms with van der Waals surface area (Å²) < 4.78 is 0. The zero-order valence-corrected chi connectivity index (χ0v) is 22.8. The minimum atomic E-state index is 0.925. The van der Waals surface area contributed by atoms with E-state index in [-0.39, 0.29) is 0 Å². The Morgan fingerprint density at radius 2 is 1.35 bits per heavy atom. The van der Waals surface area contributed by atoms with Crippen LogP contribution in [0.4, 0.5) is 0 Å².